The molecule has 1 aromatic carbocycles. The van der Waals surface area contributed by atoms with Crippen LogP contribution in [0.3, 0.4) is 0 Å². The second-order valence-electron chi connectivity index (χ2n) is 5.06. The summed E-state index contributed by atoms with van der Waals surface area (Å²) in [4.78, 5) is 7.96. The molecule has 1 heterocycles. The van der Waals surface area contributed by atoms with Crippen LogP contribution in [0.4, 0.5) is 19.0 Å². The second-order valence-corrected chi connectivity index (χ2v) is 5.06. The van der Waals surface area contributed by atoms with Crippen molar-refractivity contribution < 1.29 is 17.9 Å². The number of hydrogen-bond donors (Lipinski definition) is 1. The van der Waals surface area contributed by atoms with Gasteiger partial charge < -0.3 is 10.1 Å². The van der Waals surface area contributed by atoms with E-state index < -0.39 is 6.36 Å². The molecule has 4 nitrogen and oxygen atoms in total. The lowest BCUT2D eigenvalue weighted by molar-refractivity contribution is -0.274. The SMILES string of the molecule is CC(C)c1cc(CNc2cnccn2)cc(OC(F)(F)F)c1. The van der Waals surface area contributed by atoms with Crippen molar-refractivity contribution in [2.75, 3.05) is 5.32 Å². The number of aromatic nitrogens is 2. The molecule has 1 N–H and O–H groups in total. The molecule has 0 spiro atoms. The van der Waals surface area contributed by atoms with Gasteiger partial charge in [0.05, 0.1) is 6.20 Å². The number of rotatable bonds is 5. The zero-order valence-corrected chi connectivity index (χ0v) is 12.2. The quantitative estimate of drug-likeness (QED) is 0.902. The van der Waals surface area contributed by atoms with Gasteiger partial charge in [0, 0.05) is 18.9 Å². The molecule has 0 aliphatic rings. The van der Waals surface area contributed by atoms with E-state index in [2.05, 4.69) is 20.0 Å². The van der Waals surface area contributed by atoms with Crippen molar-refractivity contribution in [3.05, 3.63) is 47.9 Å². The molecule has 0 aliphatic carbocycles. The molecule has 7 heteroatoms. The summed E-state index contributed by atoms with van der Waals surface area (Å²) in [5.41, 5.74) is 1.45. The number of benzene rings is 1. The summed E-state index contributed by atoms with van der Waals surface area (Å²) in [6.45, 7) is 4.15. The second kappa shape index (κ2) is 6.64. The fourth-order valence-corrected chi connectivity index (χ4v) is 1.90. The van der Waals surface area contributed by atoms with Gasteiger partial charge in [0.1, 0.15) is 11.6 Å². The van der Waals surface area contributed by atoms with Crippen LogP contribution in [0.1, 0.15) is 30.9 Å². The van der Waals surface area contributed by atoms with E-state index in [9.17, 15) is 13.2 Å². The summed E-state index contributed by atoms with van der Waals surface area (Å²) >= 11 is 0. The van der Waals surface area contributed by atoms with Gasteiger partial charge in [0.25, 0.3) is 0 Å². The maximum absolute atomic E-state index is 12.4. The van der Waals surface area contributed by atoms with Gasteiger partial charge in [-0.15, -0.1) is 13.2 Å². The fourth-order valence-electron chi connectivity index (χ4n) is 1.90. The minimum absolute atomic E-state index is 0.0899. The van der Waals surface area contributed by atoms with Crippen molar-refractivity contribution in [1.29, 1.82) is 0 Å². The molecular weight excluding hydrogens is 295 g/mol. The van der Waals surface area contributed by atoms with Gasteiger partial charge in [-0.05, 0) is 29.2 Å². The van der Waals surface area contributed by atoms with Crippen molar-refractivity contribution in [2.24, 2.45) is 0 Å². The van der Waals surface area contributed by atoms with Gasteiger partial charge >= 0.3 is 6.36 Å². The maximum atomic E-state index is 12.4. The first-order valence-corrected chi connectivity index (χ1v) is 6.73. The molecule has 0 fully saturated rings. The van der Waals surface area contributed by atoms with Crippen LogP contribution in [0.5, 0.6) is 5.75 Å². The third-order valence-electron chi connectivity index (χ3n) is 2.93. The Kier molecular flexibility index (Phi) is 4.85. The highest BCUT2D eigenvalue weighted by molar-refractivity contribution is 5.39. The van der Waals surface area contributed by atoms with Gasteiger partial charge in [-0.2, -0.15) is 0 Å². The Hall–Kier alpha value is -2.31. The lowest BCUT2D eigenvalue weighted by Crippen LogP contribution is -2.17. The van der Waals surface area contributed by atoms with Crippen molar-refractivity contribution in [3.8, 4) is 5.75 Å². The van der Waals surface area contributed by atoms with Gasteiger partial charge in [-0.3, -0.25) is 4.98 Å². The minimum atomic E-state index is -4.70. The first-order chi connectivity index (χ1) is 10.3. The Bertz CT molecular complexity index is 615. The third-order valence-corrected chi connectivity index (χ3v) is 2.93. The summed E-state index contributed by atoms with van der Waals surface area (Å²) in [7, 11) is 0. The number of anilines is 1. The molecule has 2 aromatic rings. The van der Waals surface area contributed by atoms with Crippen LogP contribution >= 0.6 is 0 Å². The highest BCUT2D eigenvalue weighted by Crippen LogP contribution is 2.28. The third kappa shape index (κ3) is 4.91. The lowest BCUT2D eigenvalue weighted by atomic mass is 10.0. The summed E-state index contributed by atoms with van der Waals surface area (Å²) < 4.78 is 41.2. The Morgan fingerprint density at radius 2 is 1.95 bits per heavy atom. The molecule has 0 aliphatic heterocycles. The normalized spacial score (nSPS) is 11.5. The smallest absolute Gasteiger partial charge is 0.406 e. The van der Waals surface area contributed by atoms with Crippen molar-refractivity contribution in [2.45, 2.75) is 32.7 Å². The molecule has 0 unspecified atom stereocenters. The van der Waals surface area contributed by atoms with Crippen LogP contribution in [0.2, 0.25) is 0 Å². The van der Waals surface area contributed by atoms with Gasteiger partial charge in [-0.25, -0.2) is 4.98 Å². The van der Waals surface area contributed by atoms with Crippen LogP contribution in [-0.4, -0.2) is 16.3 Å². The molecule has 0 bridgehead atoms. The van der Waals surface area contributed by atoms with Crippen LogP contribution in [-0.2, 0) is 6.54 Å². The van der Waals surface area contributed by atoms with E-state index in [0.29, 0.717) is 17.9 Å². The highest BCUT2D eigenvalue weighted by Gasteiger charge is 2.31. The molecule has 0 atom stereocenters. The van der Waals surface area contributed by atoms with E-state index in [1.165, 1.54) is 18.3 Å². The first-order valence-electron chi connectivity index (χ1n) is 6.73. The zero-order chi connectivity index (χ0) is 16.2. The number of ether oxygens (including phenoxy) is 1. The summed E-state index contributed by atoms with van der Waals surface area (Å²) in [6.07, 6.45) is -0.0878. The molecule has 22 heavy (non-hydrogen) atoms. The Morgan fingerprint density at radius 1 is 1.18 bits per heavy atom. The van der Waals surface area contributed by atoms with Gasteiger partial charge in [-0.1, -0.05) is 19.9 Å². The number of nitrogens with zero attached hydrogens (tertiary/aromatic N) is 2. The maximum Gasteiger partial charge on any atom is 0.573 e. The predicted molar refractivity (Wildman–Crippen MR) is 76.6 cm³/mol. The van der Waals surface area contributed by atoms with Crippen molar-refractivity contribution in [1.82, 2.24) is 9.97 Å². The average molecular weight is 311 g/mol. The summed E-state index contributed by atoms with van der Waals surface area (Å²) in [5.74, 6) is 0.428. The topological polar surface area (TPSA) is 47.0 Å². The predicted octanol–water partition coefficient (Wildman–Crippen LogP) is 4.11. The Morgan fingerprint density at radius 3 is 2.55 bits per heavy atom. The molecular formula is C15H16F3N3O. The standard InChI is InChI=1S/C15H16F3N3O/c1-10(2)12-5-11(6-13(7-12)22-15(16,17)18)8-21-14-9-19-3-4-20-14/h3-7,9-10H,8H2,1-2H3,(H,20,21). The van der Waals surface area contributed by atoms with Crippen LogP contribution in [0.25, 0.3) is 0 Å². The minimum Gasteiger partial charge on any atom is -0.406 e. The number of alkyl halides is 3. The molecule has 1 aromatic heterocycles. The summed E-state index contributed by atoms with van der Waals surface area (Å²) in [5, 5.41) is 3.01. The van der Waals surface area contributed by atoms with E-state index in [1.54, 1.807) is 12.4 Å². The Labute approximate surface area is 126 Å². The highest BCUT2D eigenvalue weighted by atomic mass is 19.4. The lowest BCUT2D eigenvalue weighted by Gasteiger charge is -2.15. The zero-order valence-electron chi connectivity index (χ0n) is 12.2. The van der Waals surface area contributed by atoms with E-state index >= 15 is 0 Å². The molecule has 118 valence electrons. The average Bonchev–Trinajstić information content (AvgIpc) is 2.44. The van der Waals surface area contributed by atoms with E-state index in [-0.39, 0.29) is 11.7 Å². The monoisotopic (exact) mass is 311 g/mol. The van der Waals surface area contributed by atoms with Crippen LogP contribution < -0.4 is 10.1 Å². The molecule has 2 rings (SSSR count). The molecule has 0 radical (unpaired) electrons. The largest absolute Gasteiger partial charge is 0.573 e. The van der Waals surface area contributed by atoms with Gasteiger partial charge in [0.15, 0.2) is 0 Å². The van der Waals surface area contributed by atoms with E-state index in [4.69, 9.17) is 0 Å². The molecule has 0 amide bonds. The van der Waals surface area contributed by atoms with E-state index in [0.717, 1.165) is 5.56 Å². The van der Waals surface area contributed by atoms with Gasteiger partial charge in [0.2, 0.25) is 0 Å². The number of hydrogen-bond acceptors (Lipinski definition) is 4. The number of halogens is 3. The number of nitrogens with one attached hydrogen (secondary N) is 1. The Balaban J connectivity index is 2.18. The van der Waals surface area contributed by atoms with Crippen molar-refractivity contribution in [3.63, 3.8) is 0 Å². The summed E-state index contributed by atoms with van der Waals surface area (Å²) in [6, 6.07) is 4.62. The van der Waals surface area contributed by atoms with Crippen molar-refractivity contribution >= 4 is 5.82 Å². The van der Waals surface area contributed by atoms with Crippen LogP contribution in [0.15, 0.2) is 36.8 Å². The fraction of sp³-hybridized carbons (Fsp3) is 0.333. The molecule has 0 saturated heterocycles. The van der Waals surface area contributed by atoms with Crippen LogP contribution in [0, 0.1) is 0 Å². The van der Waals surface area contributed by atoms with E-state index in [1.807, 2.05) is 19.9 Å². The molecule has 0 saturated carbocycles. The first kappa shape index (κ1) is 16.1.